The number of rotatable bonds is 3. The molecule has 4 nitrogen and oxygen atoms in total. The van der Waals surface area contributed by atoms with Crippen molar-refractivity contribution in [3.8, 4) is 11.1 Å². The summed E-state index contributed by atoms with van der Waals surface area (Å²) in [6.45, 7) is 5.74. The molecule has 0 aliphatic carbocycles. The number of halogens is 1. The van der Waals surface area contributed by atoms with E-state index in [9.17, 15) is 9.18 Å². The van der Waals surface area contributed by atoms with Gasteiger partial charge in [-0.15, -0.1) is 0 Å². The van der Waals surface area contributed by atoms with Gasteiger partial charge >= 0.3 is 5.97 Å². The molecule has 1 heterocycles. The number of nitrogens with zero attached hydrogens (tertiary/aromatic N) is 2. The van der Waals surface area contributed by atoms with Crippen LogP contribution in [0.15, 0.2) is 24.5 Å². The van der Waals surface area contributed by atoms with Crippen molar-refractivity contribution in [3.63, 3.8) is 0 Å². The molecule has 0 amide bonds. The molecule has 2 rings (SSSR count). The van der Waals surface area contributed by atoms with E-state index in [4.69, 9.17) is 5.11 Å². The third-order valence-corrected chi connectivity index (χ3v) is 2.99. The molecule has 2 aromatic rings. The minimum Gasteiger partial charge on any atom is -0.478 e. The van der Waals surface area contributed by atoms with Crippen molar-refractivity contribution >= 4 is 5.97 Å². The van der Waals surface area contributed by atoms with Crippen molar-refractivity contribution in [2.45, 2.75) is 26.8 Å². The van der Waals surface area contributed by atoms with Crippen LogP contribution in [-0.2, 0) is 0 Å². The topological polar surface area (TPSA) is 55.1 Å². The molecule has 0 atom stereocenters. The number of benzene rings is 1. The number of aryl methyl sites for hydroxylation is 1. The molecule has 1 aromatic heterocycles. The van der Waals surface area contributed by atoms with Crippen molar-refractivity contribution in [1.82, 2.24) is 9.78 Å². The fraction of sp³-hybridized carbons (Fsp3) is 0.286. The van der Waals surface area contributed by atoms with Crippen molar-refractivity contribution in [2.75, 3.05) is 0 Å². The van der Waals surface area contributed by atoms with Gasteiger partial charge in [-0.3, -0.25) is 4.68 Å². The SMILES string of the molecule is Cc1cc(F)c(C(=O)O)cc1-c1cnn(C(C)C)c1. The van der Waals surface area contributed by atoms with Crippen LogP contribution in [0.25, 0.3) is 11.1 Å². The van der Waals surface area contributed by atoms with Gasteiger partial charge in [-0.25, -0.2) is 9.18 Å². The highest BCUT2D eigenvalue weighted by Gasteiger charge is 2.15. The monoisotopic (exact) mass is 262 g/mol. The Labute approximate surface area is 110 Å². The maximum absolute atomic E-state index is 13.5. The van der Waals surface area contributed by atoms with Gasteiger partial charge < -0.3 is 5.11 Å². The van der Waals surface area contributed by atoms with Gasteiger partial charge in [-0.05, 0) is 44.0 Å². The summed E-state index contributed by atoms with van der Waals surface area (Å²) >= 11 is 0. The summed E-state index contributed by atoms with van der Waals surface area (Å²) in [7, 11) is 0. The fourth-order valence-corrected chi connectivity index (χ4v) is 1.91. The number of aromatic nitrogens is 2. The summed E-state index contributed by atoms with van der Waals surface area (Å²) in [5.41, 5.74) is 1.84. The molecule has 1 N–H and O–H groups in total. The Kier molecular flexibility index (Phi) is 3.38. The first-order chi connectivity index (χ1) is 8.90. The van der Waals surface area contributed by atoms with Crippen LogP contribution < -0.4 is 0 Å². The van der Waals surface area contributed by atoms with Crippen LogP contribution in [-0.4, -0.2) is 20.9 Å². The van der Waals surface area contributed by atoms with E-state index < -0.39 is 11.8 Å². The molecule has 0 bridgehead atoms. The summed E-state index contributed by atoms with van der Waals surface area (Å²) in [4.78, 5) is 11.0. The van der Waals surface area contributed by atoms with E-state index >= 15 is 0 Å². The standard InChI is InChI=1S/C14H15FN2O2/c1-8(2)17-7-10(6-16-17)11-5-12(14(18)19)13(15)4-9(11)3/h4-8H,1-3H3,(H,18,19). The van der Waals surface area contributed by atoms with Crippen molar-refractivity contribution in [2.24, 2.45) is 0 Å². The lowest BCUT2D eigenvalue weighted by molar-refractivity contribution is 0.0692. The van der Waals surface area contributed by atoms with Gasteiger partial charge in [0, 0.05) is 17.8 Å². The second-order valence-electron chi connectivity index (χ2n) is 4.75. The molecule has 0 spiro atoms. The van der Waals surface area contributed by atoms with Gasteiger partial charge in [0.2, 0.25) is 0 Å². The molecule has 0 saturated carbocycles. The first-order valence-electron chi connectivity index (χ1n) is 5.98. The molecule has 0 aliphatic rings. The van der Waals surface area contributed by atoms with E-state index in [0.29, 0.717) is 11.1 Å². The molecular weight excluding hydrogens is 247 g/mol. The van der Waals surface area contributed by atoms with Gasteiger partial charge in [-0.2, -0.15) is 5.10 Å². The molecule has 100 valence electrons. The summed E-state index contributed by atoms with van der Waals surface area (Å²) < 4.78 is 15.3. The van der Waals surface area contributed by atoms with Crippen molar-refractivity contribution in [1.29, 1.82) is 0 Å². The van der Waals surface area contributed by atoms with E-state index in [1.54, 1.807) is 17.8 Å². The summed E-state index contributed by atoms with van der Waals surface area (Å²) in [5, 5.41) is 13.2. The normalized spacial score (nSPS) is 11.0. The molecule has 0 saturated heterocycles. The number of carbonyl (C=O) groups is 1. The number of hydrogen-bond donors (Lipinski definition) is 1. The Morgan fingerprint density at radius 2 is 2.11 bits per heavy atom. The van der Waals surface area contributed by atoms with Crippen LogP contribution in [0.3, 0.4) is 0 Å². The Morgan fingerprint density at radius 1 is 1.42 bits per heavy atom. The van der Waals surface area contributed by atoms with Crippen LogP contribution in [0, 0.1) is 12.7 Å². The second kappa shape index (κ2) is 4.84. The highest BCUT2D eigenvalue weighted by molar-refractivity contribution is 5.90. The van der Waals surface area contributed by atoms with Crippen LogP contribution in [0.4, 0.5) is 4.39 Å². The van der Waals surface area contributed by atoms with E-state index in [2.05, 4.69) is 5.10 Å². The van der Waals surface area contributed by atoms with Crippen molar-refractivity contribution in [3.05, 3.63) is 41.5 Å². The highest BCUT2D eigenvalue weighted by Crippen LogP contribution is 2.26. The maximum Gasteiger partial charge on any atom is 0.338 e. The van der Waals surface area contributed by atoms with E-state index in [0.717, 1.165) is 5.56 Å². The summed E-state index contributed by atoms with van der Waals surface area (Å²) in [5.74, 6) is -1.99. The predicted molar refractivity (Wildman–Crippen MR) is 69.7 cm³/mol. The quantitative estimate of drug-likeness (QED) is 0.923. The molecular formula is C14H15FN2O2. The molecule has 1 aromatic carbocycles. The van der Waals surface area contributed by atoms with E-state index in [-0.39, 0.29) is 11.6 Å². The van der Waals surface area contributed by atoms with Gasteiger partial charge in [0.25, 0.3) is 0 Å². The smallest absolute Gasteiger partial charge is 0.338 e. The van der Waals surface area contributed by atoms with Gasteiger partial charge in [0.15, 0.2) is 0 Å². The summed E-state index contributed by atoms with van der Waals surface area (Å²) in [6.07, 6.45) is 3.49. The molecule has 19 heavy (non-hydrogen) atoms. The molecule has 0 radical (unpaired) electrons. The zero-order chi connectivity index (χ0) is 14.2. The zero-order valence-corrected chi connectivity index (χ0v) is 11.0. The maximum atomic E-state index is 13.5. The van der Waals surface area contributed by atoms with Crippen LogP contribution in [0.1, 0.15) is 35.8 Å². The Hall–Kier alpha value is -2.17. The predicted octanol–water partition coefficient (Wildman–Crippen LogP) is 3.28. The molecule has 0 fully saturated rings. The van der Waals surface area contributed by atoms with Crippen LogP contribution >= 0.6 is 0 Å². The third-order valence-electron chi connectivity index (χ3n) is 2.99. The Bertz CT molecular complexity index is 632. The number of carboxylic acids is 1. The van der Waals surface area contributed by atoms with Gasteiger partial charge in [0.05, 0.1) is 11.8 Å². The largest absolute Gasteiger partial charge is 0.478 e. The zero-order valence-electron chi connectivity index (χ0n) is 11.0. The molecule has 5 heteroatoms. The molecule has 0 unspecified atom stereocenters. The Morgan fingerprint density at radius 3 is 2.63 bits per heavy atom. The third kappa shape index (κ3) is 2.50. The van der Waals surface area contributed by atoms with Crippen molar-refractivity contribution < 1.29 is 14.3 Å². The minimum absolute atomic E-state index is 0.216. The number of carboxylic acid groups (broad SMARTS) is 1. The lowest BCUT2D eigenvalue weighted by atomic mass is 10.00. The number of aromatic carboxylic acids is 1. The highest BCUT2D eigenvalue weighted by atomic mass is 19.1. The lowest BCUT2D eigenvalue weighted by Crippen LogP contribution is -2.02. The van der Waals surface area contributed by atoms with E-state index in [1.165, 1.54) is 12.1 Å². The lowest BCUT2D eigenvalue weighted by Gasteiger charge is -2.07. The minimum atomic E-state index is -1.27. The second-order valence-corrected chi connectivity index (χ2v) is 4.75. The van der Waals surface area contributed by atoms with Crippen LogP contribution in [0.5, 0.6) is 0 Å². The first-order valence-corrected chi connectivity index (χ1v) is 5.98. The average Bonchev–Trinajstić information content (AvgIpc) is 2.77. The van der Waals surface area contributed by atoms with Gasteiger partial charge in [0.1, 0.15) is 5.82 Å². The molecule has 0 aliphatic heterocycles. The average molecular weight is 262 g/mol. The van der Waals surface area contributed by atoms with Crippen LogP contribution in [0.2, 0.25) is 0 Å². The fourth-order valence-electron chi connectivity index (χ4n) is 1.91. The summed E-state index contributed by atoms with van der Waals surface area (Å²) in [6, 6.07) is 2.81. The van der Waals surface area contributed by atoms with Gasteiger partial charge in [-0.1, -0.05) is 0 Å². The Balaban J connectivity index is 2.54. The first kappa shape index (κ1) is 13.3. The van der Waals surface area contributed by atoms with E-state index in [1.807, 2.05) is 20.0 Å². The number of hydrogen-bond acceptors (Lipinski definition) is 2.